The van der Waals surface area contributed by atoms with E-state index in [1.807, 2.05) is 0 Å². The number of hydrogen-bond donors (Lipinski definition) is 0. The average Bonchev–Trinajstić information content (AvgIpc) is 2.62. The third-order valence-electron chi connectivity index (χ3n) is 5.64. The Morgan fingerprint density at radius 2 is 1.62 bits per heavy atom. The van der Waals surface area contributed by atoms with E-state index >= 15 is 0 Å². The molecule has 0 atom stereocenters. The highest BCUT2D eigenvalue weighted by atomic mass is 16.5. The van der Waals surface area contributed by atoms with E-state index < -0.39 is 0 Å². The van der Waals surface area contributed by atoms with Crippen LogP contribution < -0.4 is 4.74 Å². The number of nitrogens with zero attached hydrogens (tertiary/aromatic N) is 2. The van der Waals surface area contributed by atoms with Crippen LogP contribution in [0.5, 0.6) is 5.75 Å². The zero-order valence-electron chi connectivity index (χ0n) is 15.5. The second kappa shape index (κ2) is 8.87. The van der Waals surface area contributed by atoms with Crippen LogP contribution in [0.15, 0.2) is 24.3 Å². The maximum absolute atomic E-state index is 6.05. The molecule has 3 nitrogen and oxygen atoms in total. The zero-order valence-corrected chi connectivity index (χ0v) is 15.5. The maximum atomic E-state index is 6.05. The summed E-state index contributed by atoms with van der Waals surface area (Å²) in [5, 5.41) is 0. The first kappa shape index (κ1) is 17.8. The van der Waals surface area contributed by atoms with Gasteiger partial charge in [0, 0.05) is 12.6 Å². The molecule has 2 fully saturated rings. The van der Waals surface area contributed by atoms with E-state index in [2.05, 4.69) is 47.9 Å². The van der Waals surface area contributed by atoms with Crippen molar-refractivity contribution in [3.63, 3.8) is 0 Å². The van der Waals surface area contributed by atoms with Gasteiger partial charge >= 0.3 is 0 Å². The van der Waals surface area contributed by atoms with Gasteiger partial charge in [-0.15, -0.1) is 0 Å². The SMILES string of the molecule is CC(C)N1CCC(COc2ccc(CN3CCCCC3)cc2)CC1. The number of piperidine rings is 2. The largest absolute Gasteiger partial charge is 0.493 e. The summed E-state index contributed by atoms with van der Waals surface area (Å²) in [5.41, 5.74) is 1.41. The number of benzene rings is 1. The Kier molecular flexibility index (Phi) is 6.56. The van der Waals surface area contributed by atoms with Crippen molar-refractivity contribution in [2.75, 3.05) is 32.8 Å². The van der Waals surface area contributed by atoms with Gasteiger partial charge in [0.2, 0.25) is 0 Å². The molecule has 0 aromatic heterocycles. The molecule has 134 valence electrons. The molecule has 2 aliphatic heterocycles. The van der Waals surface area contributed by atoms with Crippen molar-refractivity contribution in [3.05, 3.63) is 29.8 Å². The first-order valence-electron chi connectivity index (χ1n) is 9.89. The standard InChI is InChI=1S/C21H34N2O/c1-18(2)23-14-10-20(11-15-23)17-24-21-8-6-19(7-9-21)16-22-12-4-3-5-13-22/h6-9,18,20H,3-5,10-17H2,1-2H3. The van der Waals surface area contributed by atoms with E-state index in [1.165, 1.54) is 63.8 Å². The Labute approximate surface area is 148 Å². The number of hydrogen-bond acceptors (Lipinski definition) is 3. The molecule has 0 spiro atoms. The van der Waals surface area contributed by atoms with Crippen LogP contribution in [0.25, 0.3) is 0 Å². The molecule has 0 radical (unpaired) electrons. The van der Waals surface area contributed by atoms with Crippen LogP contribution in [0.1, 0.15) is 51.5 Å². The predicted octanol–water partition coefficient (Wildman–Crippen LogP) is 4.17. The van der Waals surface area contributed by atoms with Gasteiger partial charge in [0.05, 0.1) is 6.61 Å². The molecule has 3 rings (SSSR count). The molecule has 24 heavy (non-hydrogen) atoms. The number of ether oxygens (including phenoxy) is 1. The molecule has 2 saturated heterocycles. The van der Waals surface area contributed by atoms with Crippen molar-refractivity contribution >= 4 is 0 Å². The van der Waals surface area contributed by atoms with Crippen LogP contribution in [0.4, 0.5) is 0 Å². The summed E-state index contributed by atoms with van der Waals surface area (Å²) >= 11 is 0. The summed E-state index contributed by atoms with van der Waals surface area (Å²) < 4.78 is 6.05. The van der Waals surface area contributed by atoms with Crippen molar-refractivity contribution < 1.29 is 4.74 Å². The topological polar surface area (TPSA) is 15.7 Å². The van der Waals surface area contributed by atoms with Gasteiger partial charge in [-0.2, -0.15) is 0 Å². The quantitative estimate of drug-likeness (QED) is 0.778. The molecule has 0 bridgehead atoms. The zero-order chi connectivity index (χ0) is 16.8. The van der Waals surface area contributed by atoms with Crippen molar-refractivity contribution in [3.8, 4) is 5.75 Å². The van der Waals surface area contributed by atoms with Crippen LogP contribution in [-0.2, 0) is 6.54 Å². The third kappa shape index (κ3) is 5.22. The van der Waals surface area contributed by atoms with E-state index in [4.69, 9.17) is 4.74 Å². The highest BCUT2D eigenvalue weighted by Gasteiger charge is 2.21. The normalized spacial score (nSPS) is 21.3. The molecule has 0 amide bonds. The fraction of sp³-hybridized carbons (Fsp3) is 0.714. The molecule has 0 unspecified atom stereocenters. The third-order valence-corrected chi connectivity index (χ3v) is 5.64. The Balaban J connectivity index is 1.40. The summed E-state index contributed by atoms with van der Waals surface area (Å²) in [6, 6.07) is 9.47. The van der Waals surface area contributed by atoms with E-state index in [-0.39, 0.29) is 0 Å². The predicted molar refractivity (Wildman–Crippen MR) is 100 cm³/mol. The maximum Gasteiger partial charge on any atom is 0.119 e. The van der Waals surface area contributed by atoms with E-state index in [9.17, 15) is 0 Å². The molecule has 3 heteroatoms. The minimum absolute atomic E-state index is 0.680. The van der Waals surface area contributed by atoms with Crippen LogP contribution in [0.3, 0.4) is 0 Å². The van der Waals surface area contributed by atoms with Gasteiger partial charge in [0.1, 0.15) is 5.75 Å². The average molecular weight is 331 g/mol. The van der Waals surface area contributed by atoms with Gasteiger partial charge in [-0.3, -0.25) is 4.90 Å². The highest BCUT2D eigenvalue weighted by Crippen LogP contribution is 2.21. The van der Waals surface area contributed by atoms with E-state index in [0.717, 1.165) is 18.9 Å². The van der Waals surface area contributed by atoms with Crippen molar-refractivity contribution in [1.82, 2.24) is 9.80 Å². The Hall–Kier alpha value is -1.06. The summed E-state index contributed by atoms with van der Waals surface area (Å²) in [7, 11) is 0. The molecule has 0 saturated carbocycles. The Morgan fingerprint density at radius 1 is 0.958 bits per heavy atom. The minimum atomic E-state index is 0.680. The Morgan fingerprint density at radius 3 is 2.25 bits per heavy atom. The second-order valence-corrected chi connectivity index (χ2v) is 7.86. The minimum Gasteiger partial charge on any atom is -0.493 e. The monoisotopic (exact) mass is 330 g/mol. The molecular formula is C21H34N2O. The smallest absolute Gasteiger partial charge is 0.119 e. The van der Waals surface area contributed by atoms with Crippen LogP contribution in [-0.4, -0.2) is 48.6 Å². The lowest BCUT2D eigenvalue weighted by Crippen LogP contribution is -2.39. The molecule has 2 aliphatic rings. The molecule has 2 heterocycles. The van der Waals surface area contributed by atoms with Gasteiger partial charge in [0.25, 0.3) is 0 Å². The molecule has 0 aliphatic carbocycles. The molecule has 0 N–H and O–H groups in total. The number of likely N-dealkylation sites (tertiary alicyclic amines) is 2. The highest BCUT2D eigenvalue weighted by molar-refractivity contribution is 5.27. The second-order valence-electron chi connectivity index (χ2n) is 7.86. The molecule has 1 aromatic rings. The molecule has 1 aromatic carbocycles. The summed E-state index contributed by atoms with van der Waals surface area (Å²) in [6.45, 7) is 11.5. The lowest BCUT2D eigenvalue weighted by molar-refractivity contribution is 0.119. The first-order chi connectivity index (χ1) is 11.7. The molecular weight excluding hydrogens is 296 g/mol. The van der Waals surface area contributed by atoms with E-state index in [0.29, 0.717) is 12.0 Å². The fourth-order valence-electron chi connectivity index (χ4n) is 3.92. The van der Waals surface area contributed by atoms with Gasteiger partial charge < -0.3 is 9.64 Å². The fourth-order valence-corrected chi connectivity index (χ4v) is 3.92. The van der Waals surface area contributed by atoms with Crippen molar-refractivity contribution in [2.24, 2.45) is 5.92 Å². The lowest BCUT2D eigenvalue weighted by Gasteiger charge is -2.34. The van der Waals surface area contributed by atoms with E-state index in [1.54, 1.807) is 0 Å². The summed E-state index contributed by atoms with van der Waals surface area (Å²) in [6.07, 6.45) is 6.66. The lowest BCUT2D eigenvalue weighted by atomic mass is 9.97. The van der Waals surface area contributed by atoms with Crippen molar-refractivity contribution in [1.29, 1.82) is 0 Å². The van der Waals surface area contributed by atoms with Gasteiger partial charge in [0.15, 0.2) is 0 Å². The van der Waals surface area contributed by atoms with Gasteiger partial charge in [-0.1, -0.05) is 18.6 Å². The number of rotatable bonds is 6. The van der Waals surface area contributed by atoms with Crippen LogP contribution in [0, 0.1) is 5.92 Å². The first-order valence-corrected chi connectivity index (χ1v) is 9.89. The van der Waals surface area contributed by atoms with Crippen molar-refractivity contribution in [2.45, 2.75) is 58.5 Å². The van der Waals surface area contributed by atoms with Crippen LogP contribution >= 0.6 is 0 Å². The van der Waals surface area contributed by atoms with Gasteiger partial charge in [-0.25, -0.2) is 0 Å². The van der Waals surface area contributed by atoms with Crippen LogP contribution in [0.2, 0.25) is 0 Å². The van der Waals surface area contributed by atoms with Gasteiger partial charge in [-0.05, 0) is 89.3 Å². The summed E-state index contributed by atoms with van der Waals surface area (Å²) in [4.78, 5) is 5.15. The summed E-state index contributed by atoms with van der Waals surface area (Å²) in [5.74, 6) is 1.75. The Bertz CT molecular complexity index is 471.